The van der Waals surface area contributed by atoms with Crippen LogP contribution < -0.4 is 5.32 Å². The predicted octanol–water partition coefficient (Wildman–Crippen LogP) is 3.74. The number of hydrogen-bond acceptors (Lipinski definition) is 1. The first-order valence-electron chi connectivity index (χ1n) is 6.43. The summed E-state index contributed by atoms with van der Waals surface area (Å²) < 4.78 is 0. The third-order valence-corrected chi connectivity index (χ3v) is 3.33. The maximum absolute atomic E-state index is 3.35. The Bertz CT molecular complexity index is 283. The molecule has 1 N–H and O–H groups in total. The van der Waals surface area contributed by atoms with Gasteiger partial charge in [0.2, 0.25) is 0 Å². The van der Waals surface area contributed by atoms with E-state index in [0.29, 0.717) is 12.0 Å². The SMILES string of the molecule is CCC(CCc1ccc(C(C)C)cc1)NC. The van der Waals surface area contributed by atoms with Gasteiger partial charge in [0.1, 0.15) is 0 Å². The third-order valence-electron chi connectivity index (χ3n) is 3.33. The molecule has 1 heteroatoms. The van der Waals surface area contributed by atoms with E-state index in [0.717, 1.165) is 0 Å². The Labute approximate surface area is 100 Å². The molecule has 0 saturated carbocycles. The van der Waals surface area contributed by atoms with E-state index < -0.39 is 0 Å². The van der Waals surface area contributed by atoms with Gasteiger partial charge in [-0.25, -0.2) is 0 Å². The van der Waals surface area contributed by atoms with E-state index in [1.807, 2.05) is 0 Å². The number of nitrogens with one attached hydrogen (secondary N) is 1. The molecule has 0 radical (unpaired) electrons. The molecule has 0 aliphatic carbocycles. The lowest BCUT2D eigenvalue weighted by Gasteiger charge is -2.13. The fraction of sp³-hybridized carbons (Fsp3) is 0.600. The summed E-state index contributed by atoms with van der Waals surface area (Å²) >= 11 is 0. The monoisotopic (exact) mass is 219 g/mol. The molecule has 1 unspecified atom stereocenters. The Morgan fingerprint density at radius 1 is 1.12 bits per heavy atom. The second kappa shape index (κ2) is 6.70. The Hall–Kier alpha value is -0.820. The zero-order chi connectivity index (χ0) is 12.0. The van der Waals surface area contributed by atoms with Crippen molar-refractivity contribution in [1.29, 1.82) is 0 Å². The smallest absolute Gasteiger partial charge is 0.00646 e. The van der Waals surface area contributed by atoms with Crippen molar-refractivity contribution < 1.29 is 0 Å². The molecule has 0 fully saturated rings. The molecule has 1 aromatic carbocycles. The van der Waals surface area contributed by atoms with Crippen LogP contribution in [0.15, 0.2) is 24.3 Å². The quantitative estimate of drug-likeness (QED) is 0.768. The average Bonchev–Trinajstić information content (AvgIpc) is 2.31. The van der Waals surface area contributed by atoms with E-state index in [1.54, 1.807) is 0 Å². The molecular formula is C15H25N. The van der Waals surface area contributed by atoms with Crippen LogP contribution in [-0.4, -0.2) is 13.1 Å². The minimum absolute atomic E-state index is 0.634. The number of rotatable bonds is 6. The Balaban J connectivity index is 2.49. The third kappa shape index (κ3) is 3.97. The van der Waals surface area contributed by atoms with Crippen LogP contribution in [0.4, 0.5) is 0 Å². The summed E-state index contributed by atoms with van der Waals surface area (Å²) in [5.41, 5.74) is 2.89. The van der Waals surface area contributed by atoms with Crippen molar-refractivity contribution in [3.05, 3.63) is 35.4 Å². The Kier molecular flexibility index (Phi) is 5.54. The molecule has 0 heterocycles. The minimum Gasteiger partial charge on any atom is -0.317 e. The van der Waals surface area contributed by atoms with Crippen LogP contribution in [0.25, 0.3) is 0 Å². The predicted molar refractivity (Wildman–Crippen MR) is 72.0 cm³/mol. The zero-order valence-electron chi connectivity index (χ0n) is 11.1. The first kappa shape index (κ1) is 13.2. The van der Waals surface area contributed by atoms with Crippen molar-refractivity contribution in [2.24, 2.45) is 0 Å². The van der Waals surface area contributed by atoms with Crippen LogP contribution in [0, 0.1) is 0 Å². The van der Waals surface area contributed by atoms with Gasteiger partial charge in [-0.05, 0) is 43.4 Å². The van der Waals surface area contributed by atoms with Gasteiger partial charge in [0.25, 0.3) is 0 Å². The highest BCUT2D eigenvalue weighted by Gasteiger charge is 2.04. The van der Waals surface area contributed by atoms with E-state index in [2.05, 4.69) is 57.4 Å². The second-order valence-corrected chi connectivity index (χ2v) is 4.83. The van der Waals surface area contributed by atoms with Crippen LogP contribution in [0.2, 0.25) is 0 Å². The lowest BCUT2D eigenvalue weighted by molar-refractivity contribution is 0.509. The molecule has 1 atom stereocenters. The van der Waals surface area contributed by atoms with Crippen LogP contribution in [-0.2, 0) is 6.42 Å². The maximum atomic E-state index is 3.35. The summed E-state index contributed by atoms with van der Waals surface area (Å²) in [5, 5.41) is 3.35. The molecule has 0 aromatic heterocycles. The normalized spacial score (nSPS) is 13.1. The molecule has 0 aliphatic rings. The second-order valence-electron chi connectivity index (χ2n) is 4.83. The summed E-state index contributed by atoms with van der Waals surface area (Å²) in [6.45, 7) is 6.72. The topological polar surface area (TPSA) is 12.0 Å². The summed E-state index contributed by atoms with van der Waals surface area (Å²) in [4.78, 5) is 0. The Morgan fingerprint density at radius 2 is 1.75 bits per heavy atom. The van der Waals surface area contributed by atoms with Crippen molar-refractivity contribution >= 4 is 0 Å². The van der Waals surface area contributed by atoms with Crippen molar-refractivity contribution in [1.82, 2.24) is 5.32 Å². The first-order chi connectivity index (χ1) is 7.67. The number of hydrogen-bond donors (Lipinski definition) is 1. The van der Waals surface area contributed by atoms with Crippen LogP contribution in [0.5, 0.6) is 0 Å². The summed E-state index contributed by atoms with van der Waals surface area (Å²) in [5.74, 6) is 0.634. The largest absolute Gasteiger partial charge is 0.317 e. The lowest BCUT2D eigenvalue weighted by atomic mass is 9.98. The highest BCUT2D eigenvalue weighted by molar-refractivity contribution is 5.24. The molecule has 1 nitrogen and oxygen atoms in total. The molecule has 0 aliphatic heterocycles. The fourth-order valence-electron chi connectivity index (χ4n) is 1.96. The van der Waals surface area contributed by atoms with E-state index >= 15 is 0 Å². The number of aryl methyl sites for hydroxylation is 1. The van der Waals surface area contributed by atoms with Gasteiger partial charge >= 0.3 is 0 Å². The van der Waals surface area contributed by atoms with Crippen molar-refractivity contribution in [2.75, 3.05) is 7.05 Å². The first-order valence-corrected chi connectivity index (χ1v) is 6.43. The average molecular weight is 219 g/mol. The molecule has 0 amide bonds. The molecular weight excluding hydrogens is 194 g/mol. The maximum Gasteiger partial charge on any atom is 0.00646 e. The van der Waals surface area contributed by atoms with E-state index in [4.69, 9.17) is 0 Å². The molecule has 1 aromatic rings. The summed E-state index contributed by atoms with van der Waals surface area (Å²) in [6.07, 6.45) is 3.62. The highest BCUT2D eigenvalue weighted by Crippen LogP contribution is 2.16. The number of benzene rings is 1. The van der Waals surface area contributed by atoms with Crippen molar-refractivity contribution in [3.63, 3.8) is 0 Å². The van der Waals surface area contributed by atoms with Gasteiger partial charge in [0.05, 0.1) is 0 Å². The van der Waals surface area contributed by atoms with Gasteiger partial charge in [-0.15, -0.1) is 0 Å². The molecule has 1 rings (SSSR count). The zero-order valence-corrected chi connectivity index (χ0v) is 11.1. The summed E-state index contributed by atoms with van der Waals surface area (Å²) in [7, 11) is 2.05. The Morgan fingerprint density at radius 3 is 2.19 bits per heavy atom. The van der Waals surface area contributed by atoms with Gasteiger partial charge in [-0.2, -0.15) is 0 Å². The van der Waals surface area contributed by atoms with Crippen molar-refractivity contribution in [3.8, 4) is 0 Å². The highest BCUT2D eigenvalue weighted by atomic mass is 14.9. The van der Waals surface area contributed by atoms with Crippen LogP contribution >= 0.6 is 0 Å². The molecule has 16 heavy (non-hydrogen) atoms. The molecule has 0 saturated heterocycles. The van der Waals surface area contributed by atoms with Gasteiger partial charge < -0.3 is 5.32 Å². The van der Waals surface area contributed by atoms with Gasteiger partial charge in [-0.1, -0.05) is 45.0 Å². The molecule has 0 bridgehead atoms. The standard InChI is InChI=1S/C15H25N/c1-5-15(16-4)11-8-13-6-9-14(10-7-13)12(2)3/h6-7,9-10,12,15-16H,5,8,11H2,1-4H3. The van der Waals surface area contributed by atoms with Crippen LogP contribution in [0.1, 0.15) is 50.7 Å². The minimum atomic E-state index is 0.634. The molecule has 90 valence electrons. The van der Waals surface area contributed by atoms with Gasteiger partial charge in [-0.3, -0.25) is 0 Å². The fourth-order valence-corrected chi connectivity index (χ4v) is 1.96. The van der Waals surface area contributed by atoms with Gasteiger partial charge in [0.15, 0.2) is 0 Å². The van der Waals surface area contributed by atoms with Crippen LogP contribution in [0.3, 0.4) is 0 Å². The van der Waals surface area contributed by atoms with Gasteiger partial charge in [0, 0.05) is 6.04 Å². The van der Waals surface area contributed by atoms with E-state index in [1.165, 1.54) is 30.4 Å². The lowest BCUT2D eigenvalue weighted by Crippen LogP contribution is -2.24. The summed E-state index contributed by atoms with van der Waals surface area (Å²) in [6, 6.07) is 9.74. The van der Waals surface area contributed by atoms with Crippen molar-refractivity contribution in [2.45, 2.75) is 52.0 Å². The van der Waals surface area contributed by atoms with E-state index in [9.17, 15) is 0 Å². The van der Waals surface area contributed by atoms with E-state index in [-0.39, 0.29) is 0 Å². The molecule has 0 spiro atoms.